The van der Waals surface area contributed by atoms with Gasteiger partial charge in [0.15, 0.2) is 17.5 Å². The summed E-state index contributed by atoms with van der Waals surface area (Å²) in [6, 6.07) is 167. The molecular weight excluding hydrogens is 1700 g/mol. The van der Waals surface area contributed by atoms with E-state index < -0.39 is 0 Å². The molecule has 4 aromatic heterocycles. The Balaban J connectivity index is 0.000000133. The van der Waals surface area contributed by atoms with Crippen LogP contribution >= 0.6 is 22.7 Å². The molecule has 0 amide bonds. The molecule has 0 spiro atoms. The molecule has 4 nitrogen and oxygen atoms in total. The van der Waals surface area contributed by atoms with Gasteiger partial charge in [-0.05, 0) is 261 Å². The molecule has 0 radical (unpaired) electrons. The van der Waals surface area contributed by atoms with E-state index in [9.17, 15) is 0 Å². The first-order chi connectivity index (χ1) is 68.0. The quantitative estimate of drug-likeness (QED) is 0.112. The molecule has 137 heavy (non-hydrogen) atoms. The summed E-state index contributed by atoms with van der Waals surface area (Å²) < 4.78 is 11.5. The summed E-state index contributed by atoms with van der Waals surface area (Å²) in [7, 11) is 0. The van der Waals surface area contributed by atoms with Crippen molar-refractivity contribution >= 4 is 236 Å². The van der Waals surface area contributed by atoms with Crippen molar-refractivity contribution in [1.82, 2.24) is 15.0 Å². The van der Waals surface area contributed by atoms with Crippen LogP contribution in [0.3, 0.4) is 0 Å². The predicted octanol–water partition coefficient (Wildman–Crippen LogP) is 37.7. The van der Waals surface area contributed by atoms with E-state index in [1.807, 2.05) is 65.1 Å². The smallest absolute Gasteiger partial charge is 0.165 e. The SMILES string of the molecule is c1ccc(-c2nc(-c3ccccc3)nc(-c3c4ccccc4c(-c4c5ccccc5c(-c5ccc6c(c5)sc5cc7c8ccccc8c8ccccc8c7cc56)c5ccccc45)c4ccccc34)n2)cc1.c1ccc2c(c1)oc1ccc(-c3c4ccccc4c(-c4c5ccccc5c(-c5ccc6c(c5)sc5cc7c8ccccc8c8ccccc8c7cc56)c5ccccc45)c4ccccc34)cc12. The first kappa shape index (κ1) is 77.2. The molecule has 0 fully saturated rings. The molecule has 0 unspecified atom stereocenters. The minimum absolute atomic E-state index is 0.642. The van der Waals surface area contributed by atoms with Crippen molar-refractivity contribution < 1.29 is 4.42 Å². The van der Waals surface area contributed by atoms with E-state index in [1.54, 1.807) is 0 Å². The molecule has 0 atom stereocenters. The number of para-hydroxylation sites is 1. The molecule has 30 rings (SSSR count). The Bertz CT molecular complexity index is 10200. The maximum atomic E-state index is 6.29. The lowest BCUT2D eigenvalue weighted by molar-refractivity contribution is 0.669. The van der Waals surface area contributed by atoms with E-state index in [0.717, 1.165) is 60.2 Å². The van der Waals surface area contributed by atoms with Gasteiger partial charge in [0.2, 0.25) is 0 Å². The Morgan fingerprint density at radius 1 is 0.124 bits per heavy atom. The van der Waals surface area contributed by atoms with Gasteiger partial charge in [0.05, 0.1) is 0 Å². The highest BCUT2D eigenvalue weighted by Crippen LogP contribution is 2.56. The van der Waals surface area contributed by atoms with E-state index in [0.29, 0.717) is 17.5 Å². The molecule has 0 aliphatic heterocycles. The highest BCUT2D eigenvalue weighted by molar-refractivity contribution is 7.26. The minimum atomic E-state index is 0.642. The first-order valence-corrected chi connectivity index (χ1v) is 48.5. The molecular formula is C131H75N3OS2. The summed E-state index contributed by atoms with van der Waals surface area (Å²) in [5, 5.41) is 42.5. The van der Waals surface area contributed by atoms with Crippen LogP contribution in [0.2, 0.25) is 0 Å². The standard InChI is InChI=1S/C67H39N3S.C64H36OS/c1-3-19-40(20-4-1)65-68-66(41-21-5-2-6-22-41)70-67(69-65)64-54-33-17-15-31-52(54)63(53-32-16-18-34-55(53)64)62-50-29-13-11-27-48(50)61(49-28-12-14-30-51(49)62)42-35-36-47-58-38-56-45-25-9-7-23-43(45)44-24-8-10-26-46(44)57(56)39-60(58)71-59(47)37-42;1-3-17-41-39(15-1)40-16-2-4-18-42(40)54-36-60-56(35-53(41)54)44-31-29-38(34-59(44)66-60)62-47-22-7-11-26-51(47)64(52-27-12-8-23-48(52)62)63-49-24-9-5-20-45(49)61(46-21-6-10-25-50(46)63)37-30-32-58-55(33-37)43-19-13-14-28-57(43)65-58/h1-39H;1-36H. The van der Waals surface area contributed by atoms with Crippen molar-refractivity contribution in [2.75, 3.05) is 0 Å². The summed E-state index contributed by atoms with van der Waals surface area (Å²) >= 11 is 3.81. The maximum absolute atomic E-state index is 6.29. The molecule has 0 saturated carbocycles. The van der Waals surface area contributed by atoms with Gasteiger partial charge in [-0.1, -0.05) is 400 Å². The lowest BCUT2D eigenvalue weighted by atomic mass is 9.81. The average molecular weight is 1770 g/mol. The fraction of sp³-hybridized carbons (Fsp3) is 0. The van der Waals surface area contributed by atoms with Gasteiger partial charge < -0.3 is 4.42 Å². The second-order valence-corrected chi connectivity index (χ2v) is 38.5. The van der Waals surface area contributed by atoms with Crippen LogP contribution in [0, 0.1) is 0 Å². The monoisotopic (exact) mass is 1770 g/mol. The van der Waals surface area contributed by atoms with Crippen LogP contribution < -0.4 is 0 Å². The number of furan rings is 1. The number of thiophene rings is 2. The molecule has 632 valence electrons. The molecule has 0 aliphatic rings. The van der Waals surface area contributed by atoms with Crippen molar-refractivity contribution in [3.8, 4) is 89.8 Å². The van der Waals surface area contributed by atoms with Gasteiger partial charge in [-0.15, -0.1) is 22.7 Å². The Hall–Kier alpha value is -17.4. The van der Waals surface area contributed by atoms with Crippen molar-refractivity contribution in [2.45, 2.75) is 0 Å². The maximum Gasteiger partial charge on any atom is 0.165 e. The molecule has 0 N–H and O–H groups in total. The van der Waals surface area contributed by atoms with E-state index in [4.69, 9.17) is 19.4 Å². The number of aromatic nitrogens is 3. The number of hydrogen-bond donors (Lipinski definition) is 0. The van der Waals surface area contributed by atoms with Gasteiger partial charge in [-0.25, -0.2) is 15.0 Å². The number of benzene rings is 26. The molecule has 0 bridgehead atoms. The molecule has 4 heterocycles. The number of hydrogen-bond acceptors (Lipinski definition) is 6. The molecule has 0 aliphatic carbocycles. The number of rotatable bonds is 8. The van der Waals surface area contributed by atoms with Crippen molar-refractivity contribution in [3.05, 3.63) is 455 Å². The van der Waals surface area contributed by atoms with Gasteiger partial charge >= 0.3 is 0 Å². The van der Waals surface area contributed by atoms with Gasteiger partial charge in [-0.2, -0.15) is 0 Å². The van der Waals surface area contributed by atoms with Crippen LogP contribution in [0.5, 0.6) is 0 Å². The zero-order chi connectivity index (χ0) is 89.6. The van der Waals surface area contributed by atoms with Gasteiger partial charge in [0, 0.05) is 67.8 Å². The third-order valence-electron chi connectivity index (χ3n) is 29.1. The van der Waals surface area contributed by atoms with E-state index >= 15 is 0 Å². The van der Waals surface area contributed by atoms with Crippen LogP contribution in [0.1, 0.15) is 0 Å². The summed E-state index contributed by atoms with van der Waals surface area (Å²) in [5.74, 6) is 1.93. The van der Waals surface area contributed by atoms with Crippen molar-refractivity contribution in [3.63, 3.8) is 0 Å². The van der Waals surface area contributed by atoms with Crippen LogP contribution in [-0.2, 0) is 0 Å². The third kappa shape index (κ3) is 11.9. The van der Waals surface area contributed by atoms with Gasteiger partial charge in [-0.3, -0.25) is 0 Å². The Morgan fingerprint density at radius 3 is 0.672 bits per heavy atom. The summed E-state index contributed by atoms with van der Waals surface area (Å²) in [5.41, 5.74) is 17.1. The van der Waals surface area contributed by atoms with Crippen molar-refractivity contribution in [1.29, 1.82) is 0 Å². The lowest BCUT2D eigenvalue weighted by Gasteiger charge is -2.22. The minimum Gasteiger partial charge on any atom is -0.456 e. The number of fused-ring (bicyclic) bond motifs is 29. The second-order valence-electron chi connectivity index (χ2n) is 36.3. The van der Waals surface area contributed by atoms with Crippen molar-refractivity contribution in [2.24, 2.45) is 0 Å². The highest BCUT2D eigenvalue weighted by Gasteiger charge is 2.29. The topological polar surface area (TPSA) is 51.8 Å². The zero-order valence-corrected chi connectivity index (χ0v) is 75.5. The van der Waals surface area contributed by atoms with Crippen LogP contribution in [0.4, 0.5) is 0 Å². The average Bonchev–Trinajstić information content (AvgIpc) is 1.46. The summed E-state index contributed by atoms with van der Waals surface area (Å²) in [6.07, 6.45) is 0. The Labute approximate surface area is 793 Å². The normalized spacial score (nSPS) is 12.1. The first-order valence-electron chi connectivity index (χ1n) is 46.9. The third-order valence-corrected chi connectivity index (χ3v) is 31.3. The van der Waals surface area contributed by atoms with E-state index in [-0.39, 0.29) is 0 Å². The molecule has 0 saturated heterocycles. The Morgan fingerprint density at radius 2 is 0.350 bits per heavy atom. The summed E-state index contributed by atoms with van der Waals surface area (Å²) in [4.78, 5) is 15.7. The lowest BCUT2D eigenvalue weighted by Crippen LogP contribution is -2.01. The zero-order valence-electron chi connectivity index (χ0n) is 73.9. The summed E-state index contributed by atoms with van der Waals surface area (Å²) in [6.45, 7) is 0. The largest absolute Gasteiger partial charge is 0.456 e. The van der Waals surface area contributed by atoms with Crippen LogP contribution in [0.15, 0.2) is 459 Å². The Kier molecular flexibility index (Phi) is 17.2. The highest BCUT2D eigenvalue weighted by atomic mass is 32.1. The van der Waals surface area contributed by atoms with E-state index in [2.05, 4.69) is 413 Å². The van der Waals surface area contributed by atoms with Gasteiger partial charge in [0.1, 0.15) is 11.2 Å². The fourth-order valence-corrected chi connectivity index (χ4v) is 25.6. The molecule has 6 heteroatoms. The number of nitrogens with zero attached hydrogens (tertiary/aromatic N) is 3. The second kappa shape index (κ2) is 30.6. The van der Waals surface area contributed by atoms with Crippen LogP contribution in [-0.4, -0.2) is 15.0 Å². The van der Waals surface area contributed by atoms with E-state index in [1.165, 1.54) is 225 Å². The molecule has 26 aromatic carbocycles. The predicted molar refractivity (Wildman–Crippen MR) is 588 cm³/mol. The van der Waals surface area contributed by atoms with Gasteiger partial charge in [0.25, 0.3) is 0 Å². The fourth-order valence-electron chi connectivity index (χ4n) is 23.2. The molecule has 30 aromatic rings. The van der Waals surface area contributed by atoms with Crippen LogP contribution in [0.25, 0.3) is 303 Å².